The zero-order valence-electron chi connectivity index (χ0n) is 18.2. The number of nitrogens with one attached hydrogen (secondary N) is 2. The molecule has 174 valence electrons. The molecule has 0 aliphatic rings. The Morgan fingerprint density at radius 3 is 2.50 bits per heavy atom. The Hall–Kier alpha value is -3.47. The summed E-state index contributed by atoms with van der Waals surface area (Å²) in [5, 5.41) is 24.0. The molecule has 0 unspecified atom stereocenters. The molecule has 34 heavy (non-hydrogen) atoms. The molecule has 0 fully saturated rings. The third kappa shape index (κ3) is 5.19. The predicted molar refractivity (Wildman–Crippen MR) is 135 cm³/mol. The molecule has 3 heterocycles. The monoisotopic (exact) mass is 513 g/mol. The summed E-state index contributed by atoms with van der Waals surface area (Å²) < 4.78 is 1.68. The van der Waals surface area contributed by atoms with Gasteiger partial charge in [0.1, 0.15) is 5.75 Å². The van der Waals surface area contributed by atoms with Gasteiger partial charge in [-0.15, -0.1) is 22.7 Å². The third-order valence-electron chi connectivity index (χ3n) is 4.99. The molecular formula is C23H20ClN5O3S2. The molecule has 0 bridgehead atoms. The number of aromatic nitrogens is 2. The van der Waals surface area contributed by atoms with Gasteiger partial charge >= 0.3 is 0 Å². The van der Waals surface area contributed by atoms with E-state index in [1.54, 1.807) is 54.5 Å². The first-order chi connectivity index (χ1) is 16.3. The van der Waals surface area contributed by atoms with Gasteiger partial charge in [-0.3, -0.25) is 14.3 Å². The van der Waals surface area contributed by atoms with Gasteiger partial charge in [0.05, 0.1) is 38.1 Å². The van der Waals surface area contributed by atoms with Gasteiger partial charge in [0, 0.05) is 23.6 Å². The fourth-order valence-corrected chi connectivity index (χ4v) is 5.03. The van der Waals surface area contributed by atoms with E-state index in [0.717, 1.165) is 22.6 Å². The van der Waals surface area contributed by atoms with Gasteiger partial charge in [-0.2, -0.15) is 10.2 Å². The number of amides is 2. The van der Waals surface area contributed by atoms with Gasteiger partial charge in [0.15, 0.2) is 0 Å². The van der Waals surface area contributed by atoms with Gasteiger partial charge in [-0.25, -0.2) is 5.43 Å². The molecule has 0 radical (unpaired) electrons. The number of hydrogen-bond donors (Lipinski definition) is 3. The van der Waals surface area contributed by atoms with Gasteiger partial charge in [0.2, 0.25) is 0 Å². The second-order valence-corrected chi connectivity index (χ2v) is 9.66. The van der Waals surface area contributed by atoms with Crippen molar-refractivity contribution in [1.29, 1.82) is 0 Å². The highest BCUT2D eigenvalue weighted by atomic mass is 35.5. The van der Waals surface area contributed by atoms with Crippen molar-refractivity contribution in [3.63, 3.8) is 0 Å². The van der Waals surface area contributed by atoms with Crippen molar-refractivity contribution >= 4 is 51.8 Å². The van der Waals surface area contributed by atoms with Crippen LogP contribution in [0.15, 0.2) is 59.1 Å². The van der Waals surface area contributed by atoms with Crippen LogP contribution in [0, 0.1) is 0 Å². The molecule has 0 saturated carbocycles. The molecule has 0 spiro atoms. The molecular weight excluding hydrogens is 494 g/mol. The zero-order valence-corrected chi connectivity index (χ0v) is 20.6. The average molecular weight is 514 g/mol. The highest BCUT2D eigenvalue weighted by molar-refractivity contribution is 7.16. The SMILES string of the molecule is C/C(=N\NC(=O)c1ccc(C(=O)NCc2ccnn2C)s1)c1csc(-c2ccc(Cl)cc2)c1O. The highest BCUT2D eigenvalue weighted by Crippen LogP contribution is 2.39. The Labute approximate surface area is 208 Å². The number of halogens is 1. The van der Waals surface area contributed by atoms with Crippen molar-refractivity contribution in [3.8, 4) is 16.2 Å². The number of hydrazone groups is 1. The Balaban J connectivity index is 1.39. The van der Waals surface area contributed by atoms with Crippen LogP contribution in [0.25, 0.3) is 10.4 Å². The van der Waals surface area contributed by atoms with E-state index in [0.29, 0.717) is 37.5 Å². The van der Waals surface area contributed by atoms with Crippen molar-refractivity contribution in [2.75, 3.05) is 0 Å². The standard InChI is InChI=1S/C23H20ClN5O3S2/c1-13(17-12-33-21(20(17)30)14-3-5-15(24)6-4-14)27-28-23(32)19-8-7-18(34-19)22(31)25-11-16-9-10-26-29(16)2/h3-10,12,30H,11H2,1-2H3,(H,25,31)(H,28,32)/b27-13+. The maximum absolute atomic E-state index is 12.5. The van der Waals surface area contributed by atoms with Crippen LogP contribution in [-0.2, 0) is 13.6 Å². The lowest BCUT2D eigenvalue weighted by Gasteiger charge is -2.04. The van der Waals surface area contributed by atoms with E-state index in [9.17, 15) is 14.7 Å². The quantitative estimate of drug-likeness (QED) is 0.247. The number of nitrogens with zero attached hydrogens (tertiary/aromatic N) is 3. The maximum Gasteiger partial charge on any atom is 0.281 e. The van der Waals surface area contributed by atoms with E-state index in [1.165, 1.54) is 11.3 Å². The second kappa shape index (κ2) is 10.2. The zero-order chi connectivity index (χ0) is 24.2. The predicted octanol–water partition coefficient (Wildman–Crippen LogP) is 4.65. The minimum atomic E-state index is -0.442. The number of carbonyl (C=O) groups is 2. The Bertz CT molecular complexity index is 1370. The number of hydrogen-bond acceptors (Lipinski definition) is 7. The molecule has 0 atom stereocenters. The van der Waals surface area contributed by atoms with Crippen LogP contribution in [-0.4, -0.2) is 32.4 Å². The Morgan fingerprint density at radius 2 is 1.82 bits per heavy atom. The highest BCUT2D eigenvalue weighted by Gasteiger charge is 2.17. The fourth-order valence-electron chi connectivity index (χ4n) is 3.08. The van der Waals surface area contributed by atoms with E-state index in [-0.39, 0.29) is 11.7 Å². The van der Waals surface area contributed by atoms with E-state index in [4.69, 9.17) is 11.6 Å². The van der Waals surface area contributed by atoms with Crippen LogP contribution in [0.3, 0.4) is 0 Å². The van der Waals surface area contributed by atoms with Crippen molar-refractivity contribution in [1.82, 2.24) is 20.5 Å². The van der Waals surface area contributed by atoms with E-state index in [1.807, 2.05) is 18.2 Å². The lowest BCUT2D eigenvalue weighted by Crippen LogP contribution is -2.23. The van der Waals surface area contributed by atoms with Gasteiger partial charge in [-0.1, -0.05) is 23.7 Å². The molecule has 0 aliphatic carbocycles. The number of benzene rings is 1. The minimum Gasteiger partial charge on any atom is -0.506 e. The Kier molecular flexibility index (Phi) is 7.11. The topological polar surface area (TPSA) is 109 Å². The van der Waals surface area contributed by atoms with Crippen molar-refractivity contribution < 1.29 is 14.7 Å². The van der Waals surface area contributed by atoms with Gasteiger partial charge in [-0.05, 0) is 42.8 Å². The van der Waals surface area contributed by atoms with E-state index < -0.39 is 5.91 Å². The number of carbonyl (C=O) groups excluding carboxylic acids is 2. The molecule has 8 nitrogen and oxygen atoms in total. The maximum atomic E-state index is 12.5. The number of rotatable bonds is 7. The molecule has 11 heteroatoms. The van der Waals surface area contributed by atoms with Crippen molar-refractivity contribution in [2.24, 2.45) is 12.1 Å². The number of thiophene rings is 2. The third-order valence-corrected chi connectivity index (χ3v) is 7.35. The molecule has 4 aromatic rings. The Morgan fingerprint density at radius 1 is 1.12 bits per heavy atom. The fraction of sp³-hybridized carbons (Fsp3) is 0.130. The smallest absolute Gasteiger partial charge is 0.281 e. The molecule has 0 aliphatic heterocycles. The van der Waals surface area contributed by atoms with Crippen LogP contribution >= 0.6 is 34.3 Å². The lowest BCUT2D eigenvalue weighted by atomic mass is 10.1. The second-order valence-electron chi connectivity index (χ2n) is 7.26. The normalized spacial score (nSPS) is 11.4. The van der Waals surface area contributed by atoms with Crippen LogP contribution in [0.4, 0.5) is 0 Å². The lowest BCUT2D eigenvalue weighted by molar-refractivity contribution is 0.0949. The average Bonchev–Trinajstić information content (AvgIpc) is 3.56. The summed E-state index contributed by atoms with van der Waals surface area (Å²) in [6, 6.07) is 12.1. The van der Waals surface area contributed by atoms with Gasteiger partial charge in [0.25, 0.3) is 11.8 Å². The summed E-state index contributed by atoms with van der Waals surface area (Å²) in [6.07, 6.45) is 1.66. The molecule has 4 rings (SSSR count). The summed E-state index contributed by atoms with van der Waals surface area (Å²) in [7, 11) is 1.80. The van der Waals surface area contributed by atoms with Crippen LogP contribution in [0.2, 0.25) is 5.02 Å². The van der Waals surface area contributed by atoms with E-state index in [2.05, 4.69) is 20.9 Å². The molecule has 0 saturated heterocycles. The summed E-state index contributed by atoms with van der Waals surface area (Å²) in [5.41, 5.74) is 5.16. The van der Waals surface area contributed by atoms with Crippen molar-refractivity contribution in [3.05, 3.63) is 80.1 Å². The van der Waals surface area contributed by atoms with E-state index >= 15 is 0 Å². The first kappa shape index (κ1) is 23.7. The molecule has 3 aromatic heterocycles. The summed E-state index contributed by atoms with van der Waals surface area (Å²) in [5.74, 6) is -0.628. The van der Waals surface area contributed by atoms with Crippen LogP contribution in [0.1, 0.15) is 37.5 Å². The minimum absolute atomic E-state index is 0.0892. The molecule has 3 N–H and O–H groups in total. The van der Waals surface area contributed by atoms with Crippen LogP contribution < -0.4 is 10.7 Å². The summed E-state index contributed by atoms with van der Waals surface area (Å²) >= 11 is 8.37. The molecule has 2 amide bonds. The van der Waals surface area contributed by atoms with Crippen LogP contribution in [0.5, 0.6) is 5.75 Å². The van der Waals surface area contributed by atoms with Gasteiger partial charge < -0.3 is 10.4 Å². The van der Waals surface area contributed by atoms with Crippen molar-refractivity contribution in [2.45, 2.75) is 13.5 Å². The largest absolute Gasteiger partial charge is 0.506 e. The summed E-state index contributed by atoms with van der Waals surface area (Å²) in [6.45, 7) is 2.03. The first-order valence-corrected chi connectivity index (χ1v) is 12.2. The summed E-state index contributed by atoms with van der Waals surface area (Å²) in [4.78, 5) is 26.4. The number of aromatic hydroxyl groups is 1. The molecule has 1 aromatic carbocycles. The first-order valence-electron chi connectivity index (χ1n) is 10.1. The number of aryl methyl sites for hydroxylation is 1.